The van der Waals surface area contributed by atoms with Gasteiger partial charge in [-0.1, -0.05) is 57.2 Å². The highest BCUT2D eigenvalue weighted by atomic mass is 16.6. The molecule has 5 nitrogen and oxygen atoms in total. The standard InChI is InChI=1S/C20H23NO4/c1-5-24-18(13-17(22)20(2,3)4)21-19(23)25-16-12-8-10-14-9-6-7-11-15(14)16/h6-12H,5,13H2,1-4H3. The smallest absolute Gasteiger partial charge is 0.442 e. The second kappa shape index (κ2) is 7.92. The van der Waals surface area contributed by atoms with Gasteiger partial charge in [0, 0.05) is 10.8 Å². The summed E-state index contributed by atoms with van der Waals surface area (Å²) in [6.07, 6.45) is -0.844. The van der Waals surface area contributed by atoms with Gasteiger partial charge in [-0.3, -0.25) is 4.79 Å². The Kier molecular flexibility index (Phi) is 5.91. The largest absolute Gasteiger partial charge is 0.481 e. The highest BCUT2D eigenvalue weighted by Crippen LogP contribution is 2.25. The first-order chi connectivity index (χ1) is 11.8. The summed E-state index contributed by atoms with van der Waals surface area (Å²) in [4.78, 5) is 28.2. The second-order valence-electron chi connectivity index (χ2n) is 6.63. The molecule has 0 radical (unpaired) electrons. The van der Waals surface area contributed by atoms with Crippen LogP contribution in [0.5, 0.6) is 5.75 Å². The van der Waals surface area contributed by atoms with Crippen LogP contribution in [0, 0.1) is 5.41 Å². The molecule has 0 N–H and O–H groups in total. The third kappa shape index (κ3) is 5.14. The molecule has 2 aromatic rings. The number of ether oxygens (including phenoxy) is 2. The van der Waals surface area contributed by atoms with Crippen LogP contribution < -0.4 is 4.74 Å². The Morgan fingerprint density at radius 1 is 1.04 bits per heavy atom. The molecule has 2 aromatic carbocycles. The molecule has 0 bridgehead atoms. The zero-order chi connectivity index (χ0) is 18.4. The summed E-state index contributed by atoms with van der Waals surface area (Å²) in [5.41, 5.74) is -0.530. The van der Waals surface area contributed by atoms with Crippen LogP contribution in [0.3, 0.4) is 0 Å². The van der Waals surface area contributed by atoms with Crippen LogP contribution in [-0.2, 0) is 9.53 Å². The Hall–Kier alpha value is -2.69. The third-order valence-electron chi connectivity index (χ3n) is 3.62. The molecule has 0 aliphatic heterocycles. The summed E-state index contributed by atoms with van der Waals surface area (Å²) in [6.45, 7) is 7.53. The molecule has 132 valence electrons. The SMILES string of the molecule is CCOC(CC(=O)C(C)(C)C)=NC(=O)Oc1cccc2ccccc12. The number of hydrogen-bond donors (Lipinski definition) is 0. The van der Waals surface area contributed by atoms with Gasteiger partial charge in [0.25, 0.3) is 0 Å². The topological polar surface area (TPSA) is 65.0 Å². The van der Waals surface area contributed by atoms with Crippen LogP contribution in [0.15, 0.2) is 47.5 Å². The quantitative estimate of drug-likeness (QED) is 0.593. The Balaban J connectivity index is 2.19. The summed E-state index contributed by atoms with van der Waals surface area (Å²) in [6, 6.07) is 13.0. The van der Waals surface area contributed by atoms with Gasteiger partial charge in [-0.05, 0) is 18.4 Å². The lowest BCUT2D eigenvalue weighted by Gasteiger charge is -2.17. The molecule has 0 heterocycles. The zero-order valence-corrected chi connectivity index (χ0v) is 15.0. The van der Waals surface area contributed by atoms with E-state index in [2.05, 4.69) is 4.99 Å². The van der Waals surface area contributed by atoms with Crippen molar-refractivity contribution in [2.75, 3.05) is 6.61 Å². The second-order valence-corrected chi connectivity index (χ2v) is 6.63. The molecule has 0 saturated carbocycles. The molecule has 5 heteroatoms. The predicted molar refractivity (Wildman–Crippen MR) is 98.1 cm³/mol. The molecule has 0 saturated heterocycles. The number of hydrogen-bond acceptors (Lipinski definition) is 4. The molecule has 2 rings (SSSR count). The van der Waals surface area contributed by atoms with Crippen molar-refractivity contribution in [2.24, 2.45) is 10.4 Å². The van der Waals surface area contributed by atoms with Crippen molar-refractivity contribution >= 4 is 28.5 Å². The molecule has 25 heavy (non-hydrogen) atoms. The van der Waals surface area contributed by atoms with E-state index in [0.717, 1.165) is 10.8 Å². The fraction of sp³-hybridized carbons (Fsp3) is 0.350. The summed E-state index contributed by atoms with van der Waals surface area (Å²) in [7, 11) is 0. The highest BCUT2D eigenvalue weighted by Gasteiger charge is 2.24. The third-order valence-corrected chi connectivity index (χ3v) is 3.62. The maximum atomic E-state index is 12.2. The fourth-order valence-corrected chi connectivity index (χ4v) is 2.20. The lowest BCUT2D eigenvalue weighted by atomic mass is 9.89. The van der Waals surface area contributed by atoms with E-state index in [-0.39, 0.29) is 18.1 Å². The fourth-order valence-electron chi connectivity index (χ4n) is 2.20. The van der Waals surface area contributed by atoms with Crippen LogP contribution in [0.1, 0.15) is 34.1 Å². The maximum Gasteiger partial charge on any atom is 0.442 e. The first kappa shape index (κ1) is 18.6. The minimum atomic E-state index is -0.804. The van der Waals surface area contributed by atoms with E-state index in [1.165, 1.54) is 0 Å². The van der Waals surface area contributed by atoms with Gasteiger partial charge in [0.15, 0.2) is 0 Å². The average Bonchev–Trinajstić information content (AvgIpc) is 2.54. The Bertz CT molecular complexity index is 797. The molecule has 0 atom stereocenters. The van der Waals surface area contributed by atoms with Gasteiger partial charge in [0.1, 0.15) is 11.5 Å². The molecule has 0 unspecified atom stereocenters. The van der Waals surface area contributed by atoms with E-state index < -0.39 is 11.5 Å². The average molecular weight is 341 g/mol. The van der Waals surface area contributed by atoms with Gasteiger partial charge in [0.2, 0.25) is 5.90 Å². The first-order valence-electron chi connectivity index (χ1n) is 8.24. The number of nitrogens with zero attached hydrogens (tertiary/aromatic N) is 1. The van der Waals surface area contributed by atoms with Gasteiger partial charge < -0.3 is 9.47 Å². The number of Topliss-reactive ketones (excluding diaryl/α,β-unsaturated/α-hetero) is 1. The van der Waals surface area contributed by atoms with Crippen LogP contribution in [0.4, 0.5) is 4.79 Å². The van der Waals surface area contributed by atoms with Gasteiger partial charge in [-0.15, -0.1) is 4.99 Å². The summed E-state index contributed by atoms with van der Waals surface area (Å²) in [5, 5.41) is 1.78. The minimum Gasteiger partial charge on any atom is -0.481 e. The molecular formula is C20H23NO4. The van der Waals surface area contributed by atoms with Crippen molar-refractivity contribution in [3.8, 4) is 5.75 Å². The van der Waals surface area contributed by atoms with Crippen molar-refractivity contribution < 1.29 is 19.1 Å². The molecule has 1 amide bonds. The van der Waals surface area contributed by atoms with E-state index in [1.807, 2.05) is 51.1 Å². The Morgan fingerprint density at radius 3 is 2.40 bits per heavy atom. The lowest BCUT2D eigenvalue weighted by Crippen LogP contribution is -2.25. The number of benzene rings is 2. The van der Waals surface area contributed by atoms with E-state index in [0.29, 0.717) is 12.4 Å². The van der Waals surface area contributed by atoms with Gasteiger partial charge in [0.05, 0.1) is 13.0 Å². The maximum absolute atomic E-state index is 12.2. The minimum absolute atomic E-state index is 0.0397. The lowest BCUT2D eigenvalue weighted by molar-refractivity contribution is -0.125. The molecular weight excluding hydrogens is 318 g/mol. The highest BCUT2D eigenvalue weighted by molar-refractivity contribution is 6.03. The van der Waals surface area contributed by atoms with Crippen LogP contribution in [-0.4, -0.2) is 24.4 Å². The van der Waals surface area contributed by atoms with E-state index in [4.69, 9.17) is 9.47 Å². The van der Waals surface area contributed by atoms with Crippen molar-refractivity contribution in [1.29, 1.82) is 0 Å². The van der Waals surface area contributed by atoms with Crippen molar-refractivity contribution in [3.63, 3.8) is 0 Å². The summed E-state index contributed by atoms with van der Waals surface area (Å²) < 4.78 is 10.7. The van der Waals surface area contributed by atoms with E-state index in [1.54, 1.807) is 19.1 Å². The van der Waals surface area contributed by atoms with Gasteiger partial charge in [-0.25, -0.2) is 4.79 Å². The molecule has 0 fully saturated rings. The van der Waals surface area contributed by atoms with Crippen LogP contribution >= 0.6 is 0 Å². The van der Waals surface area contributed by atoms with Crippen molar-refractivity contribution in [2.45, 2.75) is 34.1 Å². The Labute approximate surface area is 147 Å². The van der Waals surface area contributed by atoms with Crippen LogP contribution in [0.2, 0.25) is 0 Å². The Morgan fingerprint density at radius 2 is 1.72 bits per heavy atom. The number of carbonyl (C=O) groups excluding carboxylic acids is 2. The van der Waals surface area contributed by atoms with E-state index in [9.17, 15) is 9.59 Å². The summed E-state index contributed by atoms with van der Waals surface area (Å²) >= 11 is 0. The molecule has 0 aliphatic rings. The van der Waals surface area contributed by atoms with Crippen molar-refractivity contribution in [1.82, 2.24) is 0 Å². The summed E-state index contributed by atoms with van der Waals surface area (Å²) in [5.74, 6) is 0.440. The number of amides is 1. The number of fused-ring (bicyclic) bond motifs is 1. The normalized spacial score (nSPS) is 12.1. The van der Waals surface area contributed by atoms with Crippen molar-refractivity contribution in [3.05, 3.63) is 42.5 Å². The molecule has 0 aromatic heterocycles. The number of rotatable bonds is 4. The van der Waals surface area contributed by atoms with Crippen LogP contribution in [0.25, 0.3) is 10.8 Å². The monoisotopic (exact) mass is 341 g/mol. The van der Waals surface area contributed by atoms with E-state index >= 15 is 0 Å². The first-order valence-corrected chi connectivity index (χ1v) is 8.24. The zero-order valence-electron chi connectivity index (χ0n) is 15.0. The van der Waals surface area contributed by atoms with Gasteiger partial charge in [-0.2, -0.15) is 0 Å². The van der Waals surface area contributed by atoms with Gasteiger partial charge >= 0.3 is 6.09 Å². The number of carbonyl (C=O) groups is 2. The molecule has 0 spiro atoms. The number of aliphatic imine (C=N–C) groups is 1. The molecule has 0 aliphatic carbocycles. The number of ketones is 1. The predicted octanol–water partition coefficient (Wildman–Crippen LogP) is 4.78.